The van der Waals surface area contributed by atoms with Gasteiger partial charge in [-0.05, 0) is 54.5 Å². The van der Waals surface area contributed by atoms with Crippen molar-refractivity contribution in [2.24, 2.45) is 5.92 Å². The number of hydrogen-bond donors (Lipinski definition) is 1. The van der Waals surface area contributed by atoms with Gasteiger partial charge < -0.3 is 34.1 Å². The Morgan fingerprint density at radius 1 is 1.17 bits per heavy atom. The number of anilines is 1. The smallest absolute Gasteiger partial charge is 0.254 e. The van der Waals surface area contributed by atoms with Crippen molar-refractivity contribution in [1.82, 2.24) is 9.80 Å². The number of nitrogens with one attached hydrogen (secondary N) is 1. The quantitative estimate of drug-likeness (QED) is 0.498. The van der Waals surface area contributed by atoms with E-state index in [1.807, 2.05) is 4.90 Å². The van der Waals surface area contributed by atoms with Crippen molar-refractivity contribution in [3.05, 3.63) is 47.8 Å². The van der Waals surface area contributed by atoms with Crippen LogP contribution in [0.4, 0.5) is 10.1 Å². The average Bonchev–Trinajstić information content (AvgIpc) is 2.88. The Labute approximate surface area is 217 Å². The van der Waals surface area contributed by atoms with Crippen molar-refractivity contribution in [1.29, 1.82) is 0 Å². The van der Waals surface area contributed by atoms with Crippen LogP contribution in [0.3, 0.4) is 0 Å². The van der Waals surface area contributed by atoms with Gasteiger partial charge in [-0.25, -0.2) is 4.39 Å². The summed E-state index contributed by atoms with van der Waals surface area (Å²) in [6.07, 6.45) is -0.239. The summed E-state index contributed by atoms with van der Waals surface area (Å²) < 4.78 is 35.5. The van der Waals surface area contributed by atoms with Crippen LogP contribution in [0, 0.1) is 11.7 Å². The summed E-state index contributed by atoms with van der Waals surface area (Å²) in [5.74, 6) is 1.05. The molecule has 0 spiro atoms. The number of rotatable bonds is 9. The molecule has 1 fully saturated rings. The van der Waals surface area contributed by atoms with E-state index in [1.54, 1.807) is 29.2 Å². The SMILES string of the molecule is COc1cc(C(=O)N(CC(C)C)CC2CN(C(=S)Nc3ccc(F)cc3)CCO2)cc(OC)c1OC. The molecule has 1 N–H and O–H groups in total. The van der Waals surface area contributed by atoms with E-state index in [0.29, 0.717) is 66.4 Å². The number of halogens is 1. The van der Waals surface area contributed by atoms with Gasteiger partial charge >= 0.3 is 0 Å². The van der Waals surface area contributed by atoms with Gasteiger partial charge in [0.25, 0.3) is 5.91 Å². The number of carbonyl (C=O) groups excluding carboxylic acids is 1. The number of benzene rings is 2. The highest BCUT2D eigenvalue weighted by Gasteiger charge is 2.28. The summed E-state index contributed by atoms with van der Waals surface area (Å²) in [6, 6.07) is 9.36. The van der Waals surface area contributed by atoms with Crippen LogP contribution in [-0.4, -0.2) is 81.0 Å². The fourth-order valence-corrected chi connectivity index (χ4v) is 4.35. The molecule has 196 valence electrons. The van der Waals surface area contributed by atoms with Crippen molar-refractivity contribution < 1.29 is 28.1 Å². The molecule has 0 aliphatic carbocycles. The highest BCUT2D eigenvalue weighted by Crippen LogP contribution is 2.38. The van der Waals surface area contributed by atoms with E-state index in [-0.39, 0.29) is 23.7 Å². The van der Waals surface area contributed by atoms with E-state index < -0.39 is 0 Å². The van der Waals surface area contributed by atoms with Gasteiger partial charge in [-0.15, -0.1) is 0 Å². The van der Waals surface area contributed by atoms with E-state index >= 15 is 0 Å². The van der Waals surface area contributed by atoms with E-state index in [0.717, 1.165) is 0 Å². The van der Waals surface area contributed by atoms with Gasteiger partial charge in [0.2, 0.25) is 5.75 Å². The Kier molecular flexibility index (Phi) is 9.72. The maximum absolute atomic E-state index is 13.6. The molecule has 1 aliphatic rings. The van der Waals surface area contributed by atoms with E-state index in [2.05, 4.69) is 19.2 Å². The lowest BCUT2D eigenvalue weighted by molar-refractivity contribution is -0.0215. The lowest BCUT2D eigenvalue weighted by Gasteiger charge is -2.37. The van der Waals surface area contributed by atoms with Crippen LogP contribution >= 0.6 is 12.2 Å². The molecular formula is C26H34FN3O5S. The van der Waals surface area contributed by atoms with Gasteiger partial charge in [0.15, 0.2) is 16.6 Å². The zero-order valence-corrected chi connectivity index (χ0v) is 22.2. The number of methoxy groups -OCH3 is 3. The highest BCUT2D eigenvalue weighted by atomic mass is 32.1. The summed E-state index contributed by atoms with van der Waals surface area (Å²) in [7, 11) is 4.56. The van der Waals surface area contributed by atoms with Crippen molar-refractivity contribution >= 4 is 28.9 Å². The van der Waals surface area contributed by atoms with Gasteiger partial charge in [0, 0.05) is 37.4 Å². The first kappa shape index (κ1) is 27.5. The molecule has 3 rings (SSSR count). The lowest BCUT2D eigenvalue weighted by Crippen LogP contribution is -2.52. The zero-order chi connectivity index (χ0) is 26.2. The third-order valence-corrected chi connectivity index (χ3v) is 6.09. The second kappa shape index (κ2) is 12.7. The number of thiocarbonyl (C=S) groups is 1. The molecule has 1 amide bonds. The van der Waals surface area contributed by atoms with Gasteiger partial charge in [0.05, 0.1) is 34.0 Å². The second-order valence-electron chi connectivity index (χ2n) is 8.89. The Balaban J connectivity index is 1.74. The van der Waals surface area contributed by atoms with Crippen molar-refractivity contribution in [3.63, 3.8) is 0 Å². The van der Waals surface area contributed by atoms with Crippen LogP contribution in [0.1, 0.15) is 24.2 Å². The van der Waals surface area contributed by atoms with Crippen LogP contribution < -0.4 is 19.5 Å². The Morgan fingerprint density at radius 3 is 2.36 bits per heavy atom. The molecule has 0 radical (unpaired) electrons. The molecule has 8 nitrogen and oxygen atoms in total. The van der Waals surface area contributed by atoms with Crippen LogP contribution in [0.5, 0.6) is 17.2 Å². The molecule has 1 heterocycles. The van der Waals surface area contributed by atoms with Crippen molar-refractivity contribution in [2.75, 3.05) is 59.4 Å². The zero-order valence-electron chi connectivity index (χ0n) is 21.4. The molecule has 2 aromatic rings. The largest absolute Gasteiger partial charge is 0.493 e. The molecular weight excluding hydrogens is 485 g/mol. The highest BCUT2D eigenvalue weighted by molar-refractivity contribution is 7.80. The summed E-state index contributed by atoms with van der Waals surface area (Å²) in [5.41, 5.74) is 1.15. The van der Waals surface area contributed by atoms with Gasteiger partial charge in [-0.2, -0.15) is 0 Å². The minimum Gasteiger partial charge on any atom is -0.493 e. The molecule has 1 aliphatic heterocycles. The minimum absolute atomic E-state index is 0.157. The molecule has 1 unspecified atom stereocenters. The number of morpholine rings is 1. The number of carbonyl (C=O) groups is 1. The fourth-order valence-electron chi connectivity index (χ4n) is 4.06. The molecule has 36 heavy (non-hydrogen) atoms. The van der Waals surface area contributed by atoms with Crippen LogP contribution in [0.2, 0.25) is 0 Å². The van der Waals surface area contributed by atoms with Crippen LogP contribution in [0.15, 0.2) is 36.4 Å². The predicted molar refractivity (Wildman–Crippen MR) is 141 cm³/mol. The average molecular weight is 520 g/mol. The number of amides is 1. The number of nitrogens with zero attached hydrogens (tertiary/aromatic N) is 2. The standard InChI is InChI=1S/C26H34FN3O5S/c1-17(2)14-30(25(31)18-12-22(32-3)24(34-5)23(13-18)33-4)16-21-15-29(10-11-35-21)26(36)28-20-8-6-19(27)7-9-20/h6-9,12-13,17,21H,10-11,14-16H2,1-5H3,(H,28,36). The Morgan fingerprint density at radius 2 is 1.81 bits per heavy atom. The summed E-state index contributed by atoms with van der Waals surface area (Å²) in [4.78, 5) is 17.4. The lowest BCUT2D eigenvalue weighted by atomic mass is 10.1. The number of hydrogen-bond acceptors (Lipinski definition) is 6. The van der Waals surface area contributed by atoms with E-state index in [4.69, 9.17) is 31.2 Å². The van der Waals surface area contributed by atoms with Gasteiger partial charge in [-0.1, -0.05) is 13.8 Å². The maximum atomic E-state index is 13.6. The van der Waals surface area contributed by atoms with Gasteiger partial charge in [-0.3, -0.25) is 4.79 Å². The first-order valence-corrected chi connectivity index (χ1v) is 12.2. The molecule has 0 saturated carbocycles. The van der Waals surface area contributed by atoms with Crippen molar-refractivity contribution in [3.8, 4) is 17.2 Å². The Bertz CT molecular complexity index is 1030. The molecule has 2 aromatic carbocycles. The van der Waals surface area contributed by atoms with E-state index in [1.165, 1.54) is 33.5 Å². The molecule has 0 bridgehead atoms. The van der Waals surface area contributed by atoms with Crippen molar-refractivity contribution in [2.45, 2.75) is 20.0 Å². The predicted octanol–water partition coefficient (Wildman–Crippen LogP) is 4.05. The van der Waals surface area contributed by atoms with Crippen LogP contribution in [0.25, 0.3) is 0 Å². The maximum Gasteiger partial charge on any atom is 0.254 e. The first-order valence-electron chi connectivity index (χ1n) is 11.8. The normalized spacial score (nSPS) is 15.4. The molecule has 1 saturated heterocycles. The van der Waals surface area contributed by atoms with Gasteiger partial charge in [0.1, 0.15) is 5.82 Å². The second-order valence-corrected chi connectivity index (χ2v) is 9.28. The number of ether oxygens (including phenoxy) is 4. The van der Waals surface area contributed by atoms with E-state index in [9.17, 15) is 9.18 Å². The molecule has 1 atom stereocenters. The summed E-state index contributed by atoms with van der Waals surface area (Å²) in [6.45, 7) is 6.68. The fraction of sp³-hybridized carbons (Fsp3) is 0.462. The Hall–Kier alpha value is -3.11. The third-order valence-electron chi connectivity index (χ3n) is 5.73. The summed E-state index contributed by atoms with van der Waals surface area (Å²) >= 11 is 5.58. The summed E-state index contributed by atoms with van der Waals surface area (Å²) in [5, 5.41) is 3.67. The third kappa shape index (κ3) is 6.98. The first-order chi connectivity index (χ1) is 17.2. The van der Waals surface area contributed by atoms with Crippen LogP contribution in [-0.2, 0) is 4.74 Å². The molecule has 0 aromatic heterocycles. The monoisotopic (exact) mass is 519 g/mol. The minimum atomic E-state index is -0.306. The topological polar surface area (TPSA) is 72.5 Å². The molecule has 10 heteroatoms.